The fourth-order valence-corrected chi connectivity index (χ4v) is 7.68. The third kappa shape index (κ3) is 2.96. The van der Waals surface area contributed by atoms with E-state index in [0.717, 1.165) is 14.2 Å². The van der Waals surface area contributed by atoms with Crippen LogP contribution in [0.4, 0.5) is 0 Å². The molecule has 0 aliphatic carbocycles. The molecule has 1 saturated heterocycles. The Morgan fingerprint density at radius 1 is 0.786 bits per heavy atom. The molecule has 0 bridgehead atoms. The van der Waals surface area contributed by atoms with Crippen molar-refractivity contribution in [2.45, 2.75) is 0 Å². The molecule has 1 aliphatic rings. The molecule has 9 nitrogen and oxygen atoms in total. The molecule has 0 atom stereocenters. The van der Waals surface area contributed by atoms with Gasteiger partial charge in [0.2, 0.25) is 0 Å². The summed E-state index contributed by atoms with van der Waals surface area (Å²) in [4.78, 5) is 36.9. The summed E-state index contributed by atoms with van der Waals surface area (Å²) in [5.74, 6) is 0. The molecule has 0 radical (unpaired) electrons. The van der Waals surface area contributed by atoms with Crippen LogP contribution in [-0.4, -0.2) is 33.8 Å². The molecule has 0 unspecified atom stereocenters. The first-order chi connectivity index (χ1) is 6.24. The summed E-state index contributed by atoms with van der Waals surface area (Å²) in [7, 11) is -11.2. The molecule has 0 saturated carbocycles. The Kier molecular flexibility index (Phi) is 3.78. The van der Waals surface area contributed by atoms with Gasteiger partial charge >= 0.3 is 80.3 Å². The van der Waals surface area contributed by atoms with Crippen LogP contribution in [-0.2, 0) is 22.0 Å². The van der Waals surface area contributed by atoms with E-state index in [9.17, 15) is 9.79 Å². The van der Waals surface area contributed by atoms with Gasteiger partial charge in [-0.25, -0.2) is 0 Å². The second-order valence-corrected chi connectivity index (χ2v) is 8.77. The third-order valence-corrected chi connectivity index (χ3v) is 8.58. The predicted molar refractivity (Wildman–Crippen MR) is 51.1 cm³/mol. The van der Waals surface area contributed by atoms with E-state index in [1.807, 2.05) is 0 Å². The maximum atomic E-state index is 9.38. The van der Waals surface area contributed by atoms with Gasteiger partial charge < -0.3 is 0 Å². The van der Waals surface area contributed by atoms with Crippen LogP contribution in [0.15, 0.2) is 0 Å². The molecule has 4 N–H and O–H groups in total. The number of rotatable bonds is 2. The van der Waals surface area contributed by atoms with E-state index >= 15 is 0 Å². The molecule has 1 fully saturated rings. The Bertz CT molecular complexity index is 202. The van der Waals surface area contributed by atoms with Crippen molar-refractivity contribution in [3.8, 4) is 0 Å². The van der Waals surface area contributed by atoms with Gasteiger partial charge in [-0.2, -0.15) is 0 Å². The van der Waals surface area contributed by atoms with E-state index in [2.05, 4.69) is 22.0 Å². The molecule has 1 aliphatic heterocycles. The van der Waals surface area contributed by atoms with Crippen LogP contribution in [0.25, 0.3) is 0 Å². The van der Waals surface area contributed by atoms with Crippen LogP contribution >= 0.6 is 24.5 Å². The van der Waals surface area contributed by atoms with E-state index in [1.165, 1.54) is 0 Å². The van der Waals surface area contributed by atoms with Gasteiger partial charge in [0.05, 0.1) is 0 Å². The van der Waals surface area contributed by atoms with Crippen molar-refractivity contribution in [3.63, 3.8) is 0 Å². The van der Waals surface area contributed by atoms with Gasteiger partial charge in [-0.3, -0.25) is 0 Å². The zero-order valence-electron chi connectivity index (χ0n) is 7.33. The third-order valence-electron chi connectivity index (χ3n) is 1.30. The fourth-order valence-electron chi connectivity index (χ4n) is 0.728. The minimum absolute atomic E-state index is 1.02. The minimum atomic E-state index is -4.65. The van der Waals surface area contributed by atoms with Crippen molar-refractivity contribution in [1.29, 1.82) is 0 Å². The number of hydrogen-bond acceptors (Lipinski definition) is 9. The molecule has 0 aromatic rings. The van der Waals surface area contributed by atoms with E-state index in [0.29, 0.717) is 0 Å². The fraction of sp³-hybridized carbons (Fsp3) is 1.00. The Morgan fingerprint density at radius 3 is 1.43 bits per heavy atom. The first-order valence-electron chi connectivity index (χ1n) is 3.34. The summed E-state index contributed by atoms with van der Waals surface area (Å²) in [5, 5.41) is 0. The SMILES string of the molecule is CO[PH]1(O)O[PH](O)(O)O[PH](O)(OC)O1. The summed E-state index contributed by atoms with van der Waals surface area (Å²) in [6.07, 6.45) is 0. The van der Waals surface area contributed by atoms with Crippen LogP contribution in [0.2, 0.25) is 0 Å². The zero-order chi connectivity index (χ0) is 11.0. The van der Waals surface area contributed by atoms with Gasteiger partial charge in [-0.15, -0.1) is 0 Å². The van der Waals surface area contributed by atoms with Gasteiger partial charge in [0.15, 0.2) is 0 Å². The van der Waals surface area contributed by atoms with Gasteiger partial charge in [-0.05, 0) is 0 Å². The van der Waals surface area contributed by atoms with Crippen molar-refractivity contribution in [2.75, 3.05) is 14.2 Å². The van der Waals surface area contributed by atoms with Crippen LogP contribution in [0.3, 0.4) is 0 Å². The average molecular weight is 274 g/mol. The monoisotopic (exact) mass is 274 g/mol. The predicted octanol–water partition coefficient (Wildman–Crippen LogP) is -0.459. The van der Waals surface area contributed by atoms with E-state index in [4.69, 9.17) is 9.79 Å². The summed E-state index contributed by atoms with van der Waals surface area (Å²) in [6.45, 7) is 0. The standard InChI is InChI=1S/C2H13O9P3/c1-7-13(5)9-12(3,4)10-14(6,8-2)11-13/h3-6,12-14H,1-2H3. The Balaban J connectivity index is 2.88. The summed E-state index contributed by atoms with van der Waals surface area (Å²) in [6, 6.07) is 0. The topological polar surface area (TPSA) is 127 Å². The second-order valence-electron chi connectivity index (χ2n) is 2.31. The van der Waals surface area contributed by atoms with Gasteiger partial charge in [-0.1, -0.05) is 0 Å². The molecule has 0 aromatic carbocycles. The summed E-state index contributed by atoms with van der Waals surface area (Å²) >= 11 is 0. The molecule has 12 heteroatoms. The van der Waals surface area contributed by atoms with Crippen LogP contribution in [0.1, 0.15) is 0 Å². The molecular weight excluding hydrogens is 261 g/mol. The van der Waals surface area contributed by atoms with Gasteiger partial charge in [0.1, 0.15) is 0 Å². The van der Waals surface area contributed by atoms with Crippen LogP contribution < -0.4 is 0 Å². The van der Waals surface area contributed by atoms with Crippen LogP contribution in [0, 0.1) is 0 Å². The van der Waals surface area contributed by atoms with Crippen molar-refractivity contribution < 1.29 is 41.6 Å². The molecule has 90 valence electrons. The zero-order valence-corrected chi connectivity index (χ0v) is 10.3. The van der Waals surface area contributed by atoms with Crippen molar-refractivity contribution in [2.24, 2.45) is 0 Å². The second kappa shape index (κ2) is 4.07. The molecule has 0 spiro atoms. The number of hydrogen-bond donors (Lipinski definition) is 4. The quantitative estimate of drug-likeness (QED) is 0.494. The molecule has 0 aromatic heterocycles. The normalized spacial score (nSPS) is 35.6. The van der Waals surface area contributed by atoms with E-state index in [1.54, 1.807) is 0 Å². The summed E-state index contributed by atoms with van der Waals surface area (Å²) < 4.78 is 21.9. The molecule has 14 heavy (non-hydrogen) atoms. The average Bonchev–Trinajstić information content (AvgIpc) is 2.00. The molecule has 1 rings (SSSR count). The molecule has 1 heterocycles. The van der Waals surface area contributed by atoms with E-state index < -0.39 is 24.5 Å². The Labute approximate surface area is 81.1 Å². The van der Waals surface area contributed by atoms with Crippen LogP contribution in [0.5, 0.6) is 0 Å². The van der Waals surface area contributed by atoms with Crippen molar-refractivity contribution in [1.82, 2.24) is 0 Å². The first-order valence-corrected chi connectivity index (χ1v) is 8.40. The van der Waals surface area contributed by atoms with Gasteiger partial charge in [0, 0.05) is 0 Å². The first kappa shape index (κ1) is 13.0. The van der Waals surface area contributed by atoms with E-state index in [-0.39, 0.29) is 0 Å². The van der Waals surface area contributed by atoms with Crippen molar-refractivity contribution in [3.05, 3.63) is 0 Å². The van der Waals surface area contributed by atoms with Crippen molar-refractivity contribution >= 4 is 24.5 Å². The summed E-state index contributed by atoms with van der Waals surface area (Å²) in [5.41, 5.74) is 0. The molecule has 0 amide bonds. The van der Waals surface area contributed by atoms with Gasteiger partial charge in [0.25, 0.3) is 0 Å². The molecular formula is C2H13O9P3. The Hall–Kier alpha value is 0.930. The Morgan fingerprint density at radius 2 is 1.14 bits per heavy atom. The maximum absolute atomic E-state index is 9.38.